The minimum absolute atomic E-state index is 0.00941. The van der Waals surface area contributed by atoms with Gasteiger partial charge in [-0.2, -0.15) is 4.58 Å². The molecule has 31 heavy (non-hydrogen) atoms. The van der Waals surface area contributed by atoms with E-state index in [9.17, 15) is 0 Å². The SMILES string of the molecule is C=CCC[C@@H](CC=C=[N+]1CCCC1)O[Si](c1ccccc1)(c1ccccc1)C(C)(C)C. The van der Waals surface area contributed by atoms with E-state index in [1.165, 1.54) is 23.2 Å². The summed E-state index contributed by atoms with van der Waals surface area (Å²) in [5.74, 6) is 3.51. The van der Waals surface area contributed by atoms with Crippen LogP contribution < -0.4 is 10.4 Å². The van der Waals surface area contributed by atoms with Gasteiger partial charge < -0.3 is 4.43 Å². The highest BCUT2D eigenvalue weighted by Crippen LogP contribution is 2.38. The molecule has 1 saturated heterocycles. The molecular formula is C28H38NOSi+. The third-order valence-electron chi connectivity index (χ3n) is 6.21. The van der Waals surface area contributed by atoms with Crippen molar-refractivity contribution in [3.8, 4) is 0 Å². The van der Waals surface area contributed by atoms with Gasteiger partial charge in [0.05, 0.1) is 6.10 Å². The Labute approximate surface area is 190 Å². The number of rotatable bonds is 9. The lowest BCUT2D eigenvalue weighted by Crippen LogP contribution is -2.67. The zero-order valence-corrected chi connectivity index (χ0v) is 20.5. The normalized spacial score (nSPS) is 15.4. The molecule has 0 radical (unpaired) electrons. The molecule has 1 aliphatic rings. The summed E-state index contributed by atoms with van der Waals surface area (Å²) < 4.78 is 9.66. The topological polar surface area (TPSA) is 12.2 Å². The average Bonchev–Trinajstić information content (AvgIpc) is 3.29. The third-order valence-corrected chi connectivity index (χ3v) is 11.3. The van der Waals surface area contributed by atoms with Crippen molar-refractivity contribution in [2.75, 3.05) is 13.1 Å². The molecule has 1 fully saturated rings. The first-order valence-corrected chi connectivity index (χ1v) is 13.6. The Morgan fingerprint density at radius 1 is 1.00 bits per heavy atom. The molecule has 3 rings (SSSR count). The maximum Gasteiger partial charge on any atom is 0.261 e. The monoisotopic (exact) mass is 432 g/mol. The van der Waals surface area contributed by atoms with Gasteiger partial charge in [0.2, 0.25) is 0 Å². The van der Waals surface area contributed by atoms with Gasteiger partial charge in [0.25, 0.3) is 8.32 Å². The summed E-state index contributed by atoms with van der Waals surface area (Å²) in [7, 11) is -2.54. The summed E-state index contributed by atoms with van der Waals surface area (Å²) >= 11 is 0. The Morgan fingerprint density at radius 2 is 1.55 bits per heavy atom. The molecule has 0 N–H and O–H groups in total. The molecule has 1 aliphatic heterocycles. The molecule has 0 bridgehead atoms. The van der Waals surface area contributed by atoms with Gasteiger partial charge in [-0.05, 0) is 28.3 Å². The van der Waals surface area contributed by atoms with Crippen molar-refractivity contribution in [1.82, 2.24) is 0 Å². The van der Waals surface area contributed by atoms with E-state index in [1.54, 1.807) is 0 Å². The number of nitrogens with zero attached hydrogens (tertiary/aromatic N) is 1. The smallest absolute Gasteiger partial charge is 0.261 e. The standard InChI is InChI=1S/C28H38NOSi/c1-5-6-16-25(17-15-24-29-22-13-14-23-29)30-31(28(2,3)4,26-18-9-7-10-19-26)27-20-11-8-12-21-27/h5,7-12,15,18-21,25H,1,6,13-14,16-17,22-23H2,2-4H3/q+1/t25-/m0/s1. The Hall–Kier alpha value is -2.19. The quantitative estimate of drug-likeness (QED) is 0.297. The van der Waals surface area contributed by atoms with Crippen LogP contribution in [0.2, 0.25) is 5.04 Å². The van der Waals surface area contributed by atoms with Crippen LogP contribution in [-0.4, -0.2) is 38.0 Å². The summed E-state index contributed by atoms with van der Waals surface area (Å²) in [6, 6.07) is 21.8. The van der Waals surface area contributed by atoms with Crippen LogP contribution in [0.25, 0.3) is 0 Å². The van der Waals surface area contributed by atoms with Gasteiger partial charge in [0.15, 0.2) is 19.0 Å². The fourth-order valence-electron chi connectivity index (χ4n) is 4.63. The molecule has 1 atom stereocenters. The number of benzene rings is 2. The van der Waals surface area contributed by atoms with E-state index in [4.69, 9.17) is 4.43 Å². The third kappa shape index (κ3) is 5.74. The molecule has 0 spiro atoms. The second-order valence-electron chi connectivity index (χ2n) is 9.53. The van der Waals surface area contributed by atoms with E-state index in [0.717, 1.165) is 32.4 Å². The maximum absolute atomic E-state index is 7.34. The minimum Gasteiger partial charge on any atom is -0.404 e. The van der Waals surface area contributed by atoms with E-state index < -0.39 is 8.32 Å². The fourth-order valence-corrected chi connectivity index (χ4v) is 9.36. The van der Waals surface area contributed by atoms with Crippen molar-refractivity contribution in [2.24, 2.45) is 0 Å². The predicted octanol–water partition coefficient (Wildman–Crippen LogP) is 5.32. The number of hydrogen-bond donors (Lipinski definition) is 0. The summed E-state index contributed by atoms with van der Waals surface area (Å²) in [4.78, 5) is 0. The summed E-state index contributed by atoms with van der Waals surface area (Å²) in [6.45, 7) is 13.2. The van der Waals surface area contributed by atoms with Crippen molar-refractivity contribution in [2.45, 2.75) is 64.0 Å². The van der Waals surface area contributed by atoms with Crippen molar-refractivity contribution in [3.05, 3.63) is 79.4 Å². The highest BCUT2D eigenvalue weighted by molar-refractivity contribution is 6.99. The Kier molecular flexibility index (Phi) is 8.26. The van der Waals surface area contributed by atoms with E-state index in [0.29, 0.717) is 0 Å². The van der Waals surface area contributed by atoms with Crippen LogP contribution in [0.15, 0.2) is 79.4 Å². The van der Waals surface area contributed by atoms with E-state index in [2.05, 4.69) is 105 Å². The highest BCUT2D eigenvalue weighted by Gasteiger charge is 2.51. The molecule has 0 saturated carbocycles. The number of allylic oxidation sites excluding steroid dienone is 1. The Morgan fingerprint density at radius 3 is 2.03 bits per heavy atom. The van der Waals surface area contributed by atoms with Crippen molar-refractivity contribution in [1.29, 1.82) is 0 Å². The van der Waals surface area contributed by atoms with Gasteiger partial charge in [-0.1, -0.05) is 87.5 Å². The maximum atomic E-state index is 7.34. The summed E-state index contributed by atoms with van der Waals surface area (Å²) in [5, 5.41) is 2.67. The summed E-state index contributed by atoms with van der Waals surface area (Å²) in [6.07, 6.45) is 9.73. The molecule has 164 valence electrons. The van der Waals surface area contributed by atoms with Crippen LogP contribution in [0.4, 0.5) is 0 Å². The van der Waals surface area contributed by atoms with Crippen molar-refractivity contribution < 1.29 is 9.00 Å². The van der Waals surface area contributed by atoms with Gasteiger partial charge in [0, 0.05) is 25.3 Å². The molecule has 0 unspecified atom stereocenters. The zero-order valence-electron chi connectivity index (χ0n) is 19.5. The molecule has 0 aromatic heterocycles. The lowest BCUT2D eigenvalue weighted by atomic mass is 10.1. The molecule has 2 nitrogen and oxygen atoms in total. The van der Waals surface area contributed by atoms with Crippen LogP contribution in [0.1, 0.15) is 52.9 Å². The van der Waals surface area contributed by atoms with Crippen LogP contribution in [-0.2, 0) is 4.43 Å². The Balaban J connectivity index is 2.03. The van der Waals surface area contributed by atoms with E-state index >= 15 is 0 Å². The van der Waals surface area contributed by atoms with Gasteiger partial charge in [0.1, 0.15) is 0 Å². The lowest BCUT2D eigenvalue weighted by Gasteiger charge is -2.45. The second kappa shape index (κ2) is 10.9. The van der Waals surface area contributed by atoms with Crippen molar-refractivity contribution >= 4 is 24.6 Å². The first kappa shape index (κ1) is 23.5. The molecule has 2 aromatic rings. The average molecular weight is 433 g/mol. The molecule has 2 aromatic carbocycles. The highest BCUT2D eigenvalue weighted by atomic mass is 28.4. The fraction of sp³-hybridized carbons (Fsp3) is 0.429. The Bertz CT molecular complexity index is 844. The number of hydrogen-bond acceptors (Lipinski definition) is 1. The van der Waals surface area contributed by atoms with E-state index in [-0.39, 0.29) is 11.1 Å². The molecular weight excluding hydrogens is 394 g/mol. The second-order valence-corrected chi connectivity index (χ2v) is 13.8. The first-order valence-electron chi connectivity index (χ1n) is 11.7. The minimum atomic E-state index is -2.54. The van der Waals surface area contributed by atoms with E-state index in [1.807, 2.05) is 6.08 Å². The van der Waals surface area contributed by atoms with Crippen LogP contribution >= 0.6 is 0 Å². The largest absolute Gasteiger partial charge is 0.404 e. The van der Waals surface area contributed by atoms with Gasteiger partial charge >= 0.3 is 0 Å². The first-order chi connectivity index (χ1) is 15.0. The van der Waals surface area contributed by atoms with Gasteiger partial charge in [-0.25, -0.2) is 0 Å². The van der Waals surface area contributed by atoms with Crippen molar-refractivity contribution in [3.63, 3.8) is 0 Å². The van der Waals surface area contributed by atoms with Crippen LogP contribution in [0.5, 0.6) is 0 Å². The molecule has 0 aliphatic carbocycles. The zero-order chi connectivity index (χ0) is 22.2. The van der Waals surface area contributed by atoms with Crippen LogP contribution in [0, 0.1) is 0 Å². The molecule has 3 heteroatoms. The lowest BCUT2D eigenvalue weighted by molar-refractivity contribution is -0.498. The van der Waals surface area contributed by atoms with Gasteiger partial charge in [-0.15, -0.1) is 6.58 Å². The summed E-state index contributed by atoms with van der Waals surface area (Å²) in [5.41, 5.74) is 0. The predicted molar refractivity (Wildman–Crippen MR) is 135 cm³/mol. The van der Waals surface area contributed by atoms with Crippen LogP contribution in [0.3, 0.4) is 0 Å². The van der Waals surface area contributed by atoms with Gasteiger partial charge in [-0.3, -0.25) is 0 Å². The molecule has 1 heterocycles. The molecule has 0 amide bonds.